The van der Waals surface area contributed by atoms with Crippen molar-refractivity contribution in [3.63, 3.8) is 0 Å². The number of carboxylic acids is 1. The molecule has 1 atom stereocenters. The highest BCUT2D eigenvalue weighted by Gasteiger charge is 2.14. The fourth-order valence-corrected chi connectivity index (χ4v) is 3.31. The molecule has 7 heteroatoms. The van der Waals surface area contributed by atoms with Crippen molar-refractivity contribution in [1.82, 2.24) is 4.98 Å². The molecule has 168 valence electrons. The number of rotatable bonds is 9. The number of ether oxygens (including phenoxy) is 3. The minimum Gasteiger partial charge on any atom is -0.489 e. The number of aromatic nitrogens is 1. The molecule has 1 unspecified atom stereocenters. The van der Waals surface area contributed by atoms with Gasteiger partial charge >= 0.3 is 5.97 Å². The molecule has 0 saturated carbocycles. The first-order chi connectivity index (χ1) is 16.0. The van der Waals surface area contributed by atoms with Crippen LogP contribution in [0.2, 0.25) is 5.02 Å². The van der Waals surface area contributed by atoms with Crippen molar-refractivity contribution in [2.45, 2.75) is 26.2 Å². The van der Waals surface area contributed by atoms with E-state index in [-0.39, 0.29) is 6.61 Å². The van der Waals surface area contributed by atoms with Crippen molar-refractivity contribution in [2.75, 3.05) is 0 Å². The number of hydrogen-bond donors (Lipinski definition) is 1. The van der Waals surface area contributed by atoms with Crippen LogP contribution in [0.4, 0.5) is 0 Å². The summed E-state index contributed by atoms with van der Waals surface area (Å²) >= 11 is 6.05. The van der Waals surface area contributed by atoms with Gasteiger partial charge < -0.3 is 19.3 Å². The van der Waals surface area contributed by atoms with Gasteiger partial charge in [-0.2, -0.15) is 0 Å². The lowest BCUT2D eigenvalue weighted by molar-refractivity contribution is -0.144. The van der Waals surface area contributed by atoms with Crippen molar-refractivity contribution in [2.24, 2.45) is 0 Å². The molecule has 0 aliphatic carbocycles. The van der Waals surface area contributed by atoms with E-state index in [1.165, 1.54) is 6.92 Å². The molecule has 0 saturated heterocycles. The van der Waals surface area contributed by atoms with Crippen LogP contribution in [0.1, 0.15) is 18.2 Å². The Morgan fingerprint density at radius 3 is 2.33 bits per heavy atom. The summed E-state index contributed by atoms with van der Waals surface area (Å²) in [6.45, 7) is 2.06. The summed E-state index contributed by atoms with van der Waals surface area (Å²) in [5.74, 6) is 0.803. The van der Waals surface area contributed by atoms with E-state index < -0.39 is 12.1 Å². The SMILES string of the molecule is CC(Oc1ccccc1COc1ccc(OCc2ccc3ccc(Cl)cc3n2)cc1)C(=O)O. The maximum atomic E-state index is 11.1. The lowest BCUT2D eigenvalue weighted by Crippen LogP contribution is -2.23. The maximum Gasteiger partial charge on any atom is 0.344 e. The Balaban J connectivity index is 1.34. The minimum absolute atomic E-state index is 0.242. The first-order valence-corrected chi connectivity index (χ1v) is 10.7. The van der Waals surface area contributed by atoms with Gasteiger partial charge in [0.05, 0.1) is 11.2 Å². The van der Waals surface area contributed by atoms with Gasteiger partial charge in [-0.05, 0) is 55.5 Å². The molecule has 1 heterocycles. The molecule has 0 fully saturated rings. The van der Waals surface area contributed by atoms with Crippen LogP contribution in [0.5, 0.6) is 17.2 Å². The molecule has 4 rings (SSSR count). The number of hydrogen-bond acceptors (Lipinski definition) is 5. The Hall–Kier alpha value is -3.77. The summed E-state index contributed by atoms with van der Waals surface area (Å²) in [5.41, 5.74) is 2.39. The number of fused-ring (bicyclic) bond motifs is 1. The number of halogens is 1. The fraction of sp³-hybridized carbons (Fsp3) is 0.154. The zero-order chi connectivity index (χ0) is 23.2. The summed E-state index contributed by atoms with van der Waals surface area (Å²) in [5, 5.41) is 10.7. The average Bonchev–Trinajstić information content (AvgIpc) is 2.82. The lowest BCUT2D eigenvalue weighted by Gasteiger charge is -2.15. The molecular formula is C26H22ClNO5. The normalized spacial score (nSPS) is 11.7. The average molecular weight is 464 g/mol. The molecule has 33 heavy (non-hydrogen) atoms. The third kappa shape index (κ3) is 5.93. The van der Waals surface area contributed by atoms with E-state index in [1.807, 2.05) is 66.7 Å². The van der Waals surface area contributed by atoms with E-state index >= 15 is 0 Å². The standard InChI is InChI=1S/C26H22ClNO5/c1-17(26(29)30)33-25-5-3-2-4-19(25)15-31-22-10-12-23(13-11-22)32-16-21-9-7-18-6-8-20(27)14-24(18)28-21/h2-14,17H,15-16H2,1H3,(H,29,30). The third-order valence-electron chi connectivity index (χ3n) is 4.94. The van der Waals surface area contributed by atoms with Gasteiger partial charge in [0, 0.05) is 16.0 Å². The van der Waals surface area contributed by atoms with Gasteiger partial charge in [-0.15, -0.1) is 0 Å². The summed E-state index contributed by atoms with van der Waals surface area (Å²) < 4.78 is 17.2. The Morgan fingerprint density at radius 1 is 0.939 bits per heavy atom. The van der Waals surface area contributed by atoms with Crippen molar-refractivity contribution in [3.05, 3.63) is 95.1 Å². The Kier molecular flexibility index (Phi) is 6.95. The Morgan fingerprint density at radius 2 is 1.61 bits per heavy atom. The largest absolute Gasteiger partial charge is 0.489 e. The molecular weight excluding hydrogens is 442 g/mol. The zero-order valence-corrected chi connectivity index (χ0v) is 18.7. The van der Waals surface area contributed by atoms with E-state index in [2.05, 4.69) is 4.98 Å². The molecule has 0 radical (unpaired) electrons. The number of para-hydroxylation sites is 1. The summed E-state index contributed by atoms with van der Waals surface area (Å²) in [6, 6.07) is 24.0. The Bertz CT molecular complexity index is 1260. The molecule has 3 aromatic carbocycles. The third-order valence-corrected chi connectivity index (χ3v) is 5.18. The molecule has 0 aliphatic heterocycles. The number of carboxylic acid groups (broad SMARTS) is 1. The smallest absolute Gasteiger partial charge is 0.344 e. The van der Waals surface area contributed by atoms with Crippen molar-refractivity contribution < 1.29 is 24.1 Å². The van der Waals surface area contributed by atoms with Crippen LogP contribution in [0.3, 0.4) is 0 Å². The molecule has 0 bridgehead atoms. The maximum absolute atomic E-state index is 11.1. The van der Waals surface area contributed by atoms with Gasteiger partial charge in [-0.25, -0.2) is 9.78 Å². The summed E-state index contributed by atoms with van der Waals surface area (Å²) in [6.07, 6.45) is -0.948. The number of aliphatic carboxylic acids is 1. The van der Waals surface area contributed by atoms with Crippen molar-refractivity contribution >= 4 is 28.5 Å². The fourth-order valence-electron chi connectivity index (χ4n) is 3.14. The second-order valence-corrected chi connectivity index (χ2v) is 7.83. The van der Waals surface area contributed by atoms with E-state index in [9.17, 15) is 4.79 Å². The predicted octanol–water partition coefficient (Wildman–Crippen LogP) is 5.90. The molecule has 6 nitrogen and oxygen atoms in total. The van der Waals surface area contributed by atoms with Crippen molar-refractivity contribution in [3.8, 4) is 17.2 Å². The molecule has 1 aromatic heterocycles. The molecule has 0 amide bonds. The van der Waals surface area contributed by atoms with Gasteiger partial charge in [0.15, 0.2) is 6.10 Å². The van der Waals surface area contributed by atoms with Gasteiger partial charge in [0.25, 0.3) is 0 Å². The van der Waals surface area contributed by atoms with Crippen LogP contribution in [0.25, 0.3) is 10.9 Å². The first kappa shape index (κ1) is 22.4. The Labute approximate surface area is 196 Å². The van der Waals surface area contributed by atoms with E-state index in [0.717, 1.165) is 22.2 Å². The number of pyridine rings is 1. The van der Waals surface area contributed by atoms with Crippen LogP contribution < -0.4 is 14.2 Å². The van der Waals surface area contributed by atoms with E-state index in [0.29, 0.717) is 28.9 Å². The lowest BCUT2D eigenvalue weighted by atomic mass is 10.2. The highest BCUT2D eigenvalue weighted by Crippen LogP contribution is 2.24. The molecule has 0 spiro atoms. The first-order valence-electron chi connectivity index (χ1n) is 10.4. The molecule has 1 N–H and O–H groups in total. The van der Waals surface area contributed by atoms with Gasteiger partial charge in [0.1, 0.15) is 30.5 Å². The minimum atomic E-state index is -1.02. The van der Waals surface area contributed by atoms with Crippen LogP contribution >= 0.6 is 11.6 Å². The highest BCUT2D eigenvalue weighted by molar-refractivity contribution is 6.31. The summed E-state index contributed by atoms with van der Waals surface area (Å²) in [4.78, 5) is 15.7. The molecule has 0 aliphatic rings. The van der Waals surface area contributed by atoms with Crippen LogP contribution in [0.15, 0.2) is 78.9 Å². The van der Waals surface area contributed by atoms with Crippen LogP contribution in [0, 0.1) is 0 Å². The monoisotopic (exact) mass is 463 g/mol. The van der Waals surface area contributed by atoms with E-state index in [1.54, 1.807) is 12.1 Å². The van der Waals surface area contributed by atoms with Crippen molar-refractivity contribution in [1.29, 1.82) is 0 Å². The van der Waals surface area contributed by atoms with Gasteiger partial charge in [0.2, 0.25) is 0 Å². The van der Waals surface area contributed by atoms with Crippen LogP contribution in [-0.2, 0) is 18.0 Å². The number of carbonyl (C=O) groups is 1. The highest BCUT2D eigenvalue weighted by atomic mass is 35.5. The summed E-state index contributed by atoms with van der Waals surface area (Å²) in [7, 11) is 0. The topological polar surface area (TPSA) is 77.9 Å². The quantitative estimate of drug-likeness (QED) is 0.333. The van der Waals surface area contributed by atoms with E-state index in [4.69, 9.17) is 30.9 Å². The predicted molar refractivity (Wildman–Crippen MR) is 126 cm³/mol. The van der Waals surface area contributed by atoms with Gasteiger partial charge in [-0.1, -0.05) is 41.9 Å². The number of benzene rings is 3. The van der Waals surface area contributed by atoms with Gasteiger partial charge in [-0.3, -0.25) is 0 Å². The second-order valence-electron chi connectivity index (χ2n) is 7.39. The van der Waals surface area contributed by atoms with Crippen LogP contribution in [-0.4, -0.2) is 22.2 Å². The second kappa shape index (κ2) is 10.2. The zero-order valence-electron chi connectivity index (χ0n) is 17.9. The number of nitrogens with zero attached hydrogens (tertiary/aromatic N) is 1. The molecule has 4 aromatic rings.